The van der Waals surface area contributed by atoms with Gasteiger partial charge in [-0.05, 0) is 25.3 Å². The van der Waals surface area contributed by atoms with Crippen LogP contribution in [-0.4, -0.2) is 84.7 Å². The van der Waals surface area contributed by atoms with E-state index in [-0.39, 0.29) is 12.5 Å². The number of amides is 1. The number of rotatable bonds is 5. The second-order valence-electron chi connectivity index (χ2n) is 6.54. The van der Waals surface area contributed by atoms with Gasteiger partial charge in [-0.1, -0.05) is 0 Å². The number of ether oxygens (including phenoxy) is 1. The van der Waals surface area contributed by atoms with Crippen molar-refractivity contribution in [1.29, 1.82) is 0 Å². The Bertz CT molecular complexity index is 519. The smallest absolute Gasteiger partial charge is 0.248 e. The largest absolute Gasteiger partial charge is 0.372 e. The van der Waals surface area contributed by atoms with Gasteiger partial charge in [0.15, 0.2) is 0 Å². The van der Waals surface area contributed by atoms with Crippen LogP contribution in [0.3, 0.4) is 0 Å². The third-order valence-corrected chi connectivity index (χ3v) is 5.01. The van der Waals surface area contributed by atoms with Crippen molar-refractivity contribution in [2.45, 2.75) is 25.3 Å². The first-order chi connectivity index (χ1) is 11.7. The standard InChI is InChI=1S/C17H27N5O2/c1-20(16-3-6-18-14-19-16)15-4-8-21(9-5-15)10-11-22-7-2-12-24-13-17(22)23/h3,6,14-15H,2,4-5,7-13H2,1H3. The minimum absolute atomic E-state index is 0.130. The number of carbonyl (C=O) groups is 1. The molecule has 0 aromatic carbocycles. The van der Waals surface area contributed by atoms with Gasteiger partial charge in [-0.2, -0.15) is 0 Å². The zero-order valence-corrected chi connectivity index (χ0v) is 14.4. The van der Waals surface area contributed by atoms with E-state index in [0.717, 1.165) is 57.8 Å². The minimum Gasteiger partial charge on any atom is -0.372 e. The molecule has 1 aromatic heterocycles. The number of anilines is 1. The second-order valence-corrected chi connectivity index (χ2v) is 6.54. The zero-order chi connectivity index (χ0) is 16.8. The summed E-state index contributed by atoms with van der Waals surface area (Å²) in [5, 5.41) is 0. The van der Waals surface area contributed by atoms with Crippen LogP contribution >= 0.6 is 0 Å². The van der Waals surface area contributed by atoms with Crippen molar-refractivity contribution in [2.24, 2.45) is 0 Å². The Morgan fingerprint density at radius 1 is 1.29 bits per heavy atom. The first-order valence-electron chi connectivity index (χ1n) is 8.81. The summed E-state index contributed by atoms with van der Waals surface area (Å²) in [5.41, 5.74) is 0. The maximum atomic E-state index is 11.9. The van der Waals surface area contributed by atoms with E-state index in [1.54, 1.807) is 12.5 Å². The summed E-state index contributed by atoms with van der Waals surface area (Å²) in [6.45, 7) is 5.67. The van der Waals surface area contributed by atoms with E-state index < -0.39 is 0 Å². The van der Waals surface area contributed by atoms with Gasteiger partial charge >= 0.3 is 0 Å². The topological polar surface area (TPSA) is 61.8 Å². The van der Waals surface area contributed by atoms with Crippen LogP contribution in [-0.2, 0) is 9.53 Å². The number of hydrogen-bond donors (Lipinski definition) is 0. The summed E-state index contributed by atoms with van der Waals surface area (Å²) in [6.07, 6.45) is 6.57. The van der Waals surface area contributed by atoms with E-state index in [1.165, 1.54) is 0 Å². The van der Waals surface area contributed by atoms with Crippen LogP contribution in [0.5, 0.6) is 0 Å². The fourth-order valence-corrected chi connectivity index (χ4v) is 3.44. The highest BCUT2D eigenvalue weighted by molar-refractivity contribution is 5.77. The SMILES string of the molecule is CN(c1ccncn1)C1CCN(CCN2CCCOCC2=O)CC1. The number of likely N-dealkylation sites (tertiary alicyclic amines) is 1. The second kappa shape index (κ2) is 8.39. The molecule has 24 heavy (non-hydrogen) atoms. The zero-order valence-electron chi connectivity index (χ0n) is 14.4. The number of aromatic nitrogens is 2. The molecule has 0 radical (unpaired) electrons. The maximum Gasteiger partial charge on any atom is 0.248 e. The molecule has 7 heteroatoms. The summed E-state index contributed by atoms with van der Waals surface area (Å²) in [5.74, 6) is 1.12. The highest BCUT2D eigenvalue weighted by Crippen LogP contribution is 2.19. The van der Waals surface area contributed by atoms with Crippen LogP contribution in [0.1, 0.15) is 19.3 Å². The average molecular weight is 333 g/mol. The molecule has 132 valence electrons. The van der Waals surface area contributed by atoms with Crippen LogP contribution in [0.4, 0.5) is 5.82 Å². The van der Waals surface area contributed by atoms with E-state index in [0.29, 0.717) is 12.6 Å². The van der Waals surface area contributed by atoms with Crippen molar-refractivity contribution in [3.8, 4) is 0 Å². The Morgan fingerprint density at radius 3 is 2.88 bits per heavy atom. The lowest BCUT2D eigenvalue weighted by atomic mass is 10.0. The van der Waals surface area contributed by atoms with Crippen molar-refractivity contribution >= 4 is 11.7 Å². The molecule has 2 aliphatic rings. The van der Waals surface area contributed by atoms with Gasteiger partial charge in [0.2, 0.25) is 5.91 Å². The fraction of sp³-hybridized carbons (Fsp3) is 0.706. The maximum absolute atomic E-state index is 11.9. The Balaban J connectivity index is 1.43. The third kappa shape index (κ3) is 4.42. The monoisotopic (exact) mass is 333 g/mol. The molecule has 0 spiro atoms. The summed E-state index contributed by atoms with van der Waals surface area (Å²) >= 11 is 0. The molecule has 7 nitrogen and oxygen atoms in total. The van der Waals surface area contributed by atoms with E-state index in [9.17, 15) is 4.79 Å². The Labute approximate surface area is 143 Å². The van der Waals surface area contributed by atoms with Crippen LogP contribution in [0, 0.1) is 0 Å². The average Bonchev–Trinajstić information content (AvgIpc) is 2.85. The van der Waals surface area contributed by atoms with Gasteiger partial charge in [-0.15, -0.1) is 0 Å². The molecule has 2 fully saturated rings. The molecule has 0 N–H and O–H groups in total. The first-order valence-corrected chi connectivity index (χ1v) is 8.81. The lowest BCUT2D eigenvalue weighted by Gasteiger charge is -2.37. The fourth-order valence-electron chi connectivity index (χ4n) is 3.44. The summed E-state index contributed by atoms with van der Waals surface area (Å²) in [4.78, 5) is 26.9. The number of hydrogen-bond acceptors (Lipinski definition) is 6. The Hall–Kier alpha value is -1.73. The van der Waals surface area contributed by atoms with Crippen LogP contribution in [0.15, 0.2) is 18.6 Å². The van der Waals surface area contributed by atoms with E-state index in [4.69, 9.17) is 4.74 Å². The predicted molar refractivity (Wildman–Crippen MR) is 91.9 cm³/mol. The summed E-state index contributed by atoms with van der Waals surface area (Å²) in [6, 6.07) is 2.48. The van der Waals surface area contributed by atoms with Gasteiger partial charge in [0.25, 0.3) is 0 Å². The van der Waals surface area contributed by atoms with Gasteiger partial charge in [0, 0.05) is 58.6 Å². The predicted octanol–water partition coefficient (Wildman–Crippen LogP) is 0.626. The number of piperidine rings is 1. The first kappa shape index (κ1) is 17.1. The molecule has 0 bridgehead atoms. The van der Waals surface area contributed by atoms with Crippen LogP contribution in [0.2, 0.25) is 0 Å². The number of nitrogens with zero attached hydrogens (tertiary/aromatic N) is 5. The molecule has 3 heterocycles. The summed E-state index contributed by atoms with van der Waals surface area (Å²) < 4.78 is 5.29. The van der Waals surface area contributed by atoms with Crippen molar-refractivity contribution in [1.82, 2.24) is 19.8 Å². The van der Waals surface area contributed by atoms with Crippen molar-refractivity contribution < 1.29 is 9.53 Å². The molecule has 2 aliphatic heterocycles. The van der Waals surface area contributed by atoms with Gasteiger partial charge in [-0.3, -0.25) is 4.79 Å². The normalized spacial score (nSPS) is 20.9. The summed E-state index contributed by atoms with van der Waals surface area (Å²) in [7, 11) is 2.11. The highest BCUT2D eigenvalue weighted by Gasteiger charge is 2.24. The molecule has 0 atom stereocenters. The molecule has 0 unspecified atom stereocenters. The van der Waals surface area contributed by atoms with E-state index in [1.807, 2.05) is 11.0 Å². The number of carbonyl (C=O) groups excluding carboxylic acids is 1. The Kier molecular flexibility index (Phi) is 5.98. The lowest BCUT2D eigenvalue weighted by Crippen LogP contribution is -2.46. The molecular formula is C17H27N5O2. The molecule has 2 saturated heterocycles. The van der Waals surface area contributed by atoms with Crippen molar-refractivity contribution in [2.75, 3.05) is 57.9 Å². The Morgan fingerprint density at radius 2 is 2.12 bits per heavy atom. The molecule has 3 rings (SSSR count). The molecular weight excluding hydrogens is 306 g/mol. The molecule has 0 saturated carbocycles. The van der Waals surface area contributed by atoms with Gasteiger partial charge < -0.3 is 19.4 Å². The van der Waals surface area contributed by atoms with Crippen molar-refractivity contribution in [3.63, 3.8) is 0 Å². The molecule has 1 aromatic rings. The molecule has 1 amide bonds. The molecule has 0 aliphatic carbocycles. The van der Waals surface area contributed by atoms with Crippen LogP contribution in [0.25, 0.3) is 0 Å². The quantitative estimate of drug-likeness (QED) is 0.787. The highest BCUT2D eigenvalue weighted by atomic mass is 16.5. The van der Waals surface area contributed by atoms with E-state index in [2.05, 4.69) is 26.8 Å². The van der Waals surface area contributed by atoms with Gasteiger partial charge in [0.1, 0.15) is 18.8 Å². The third-order valence-electron chi connectivity index (χ3n) is 5.01. The lowest BCUT2D eigenvalue weighted by molar-refractivity contribution is -0.134. The minimum atomic E-state index is 0.130. The van der Waals surface area contributed by atoms with Gasteiger partial charge in [0.05, 0.1) is 0 Å². The van der Waals surface area contributed by atoms with E-state index >= 15 is 0 Å². The van der Waals surface area contributed by atoms with Crippen molar-refractivity contribution in [3.05, 3.63) is 18.6 Å². The van der Waals surface area contributed by atoms with Crippen LogP contribution < -0.4 is 4.90 Å². The van der Waals surface area contributed by atoms with Gasteiger partial charge in [-0.25, -0.2) is 9.97 Å².